The molecule has 0 nitrogen and oxygen atoms in total. The monoisotopic (exact) mass is 156 g/mol. The third-order valence-electron chi connectivity index (χ3n) is 1.40. The number of hydrogen-bond donors (Lipinski definition) is 0. The van der Waals surface area contributed by atoms with Crippen molar-refractivity contribution in [3.8, 4) is 0 Å². The third-order valence-corrected chi connectivity index (χ3v) is 1.40. The molecule has 1 rings (SSSR count). The molecule has 12 heavy (non-hydrogen) atoms. The summed E-state index contributed by atoms with van der Waals surface area (Å²) in [6, 6.07) is 9.62. The molecule has 0 heterocycles. The lowest BCUT2D eigenvalue weighted by atomic mass is 9.52. The van der Waals surface area contributed by atoms with E-state index in [9.17, 15) is 0 Å². The van der Waals surface area contributed by atoms with E-state index in [1.54, 1.807) is 6.92 Å². The molecule has 2 heteroatoms. The van der Waals surface area contributed by atoms with Gasteiger partial charge in [0.2, 0.25) is 0 Å². The second-order valence-electron chi connectivity index (χ2n) is 2.65. The maximum Gasteiger partial charge on any atom is 0.0679 e. The van der Waals surface area contributed by atoms with Crippen LogP contribution in [0.15, 0.2) is 30.3 Å². The summed E-state index contributed by atoms with van der Waals surface area (Å²) in [5.74, 6) is 0. The topological polar surface area (TPSA) is 0 Å². The smallest absolute Gasteiger partial charge is 0.0679 e. The van der Waals surface area contributed by atoms with E-state index in [2.05, 4.69) is 0 Å². The highest BCUT2D eigenvalue weighted by molar-refractivity contribution is 6.39. The van der Waals surface area contributed by atoms with Gasteiger partial charge in [-0.15, -0.1) is 0 Å². The van der Waals surface area contributed by atoms with Crippen molar-refractivity contribution in [2.75, 3.05) is 0 Å². The SMILES string of the molecule is CC.[B]C([B])(C)c1ccccc1. The van der Waals surface area contributed by atoms with Crippen LogP contribution in [0.25, 0.3) is 0 Å². The van der Waals surface area contributed by atoms with Crippen molar-refractivity contribution in [1.29, 1.82) is 0 Å². The van der Waals surface area contributed by atoms with Crippen LogP contribution in [0, 0.1) is 0 Å². The zero-order valence-corrected chi connectivity index (χ0v) is 8.04. The first-order chi connectivity index (χ1) is 5.61. The largest absolute Gasteiger partial charge is 0.0782 e. The molecular formula is C10H14B2. The van der Waals surface area contributed by atoms with Crippen molar-refractivity contribution in [3.05, 3.63) is 35.9 Å². The van der Waals surface area contributed by atoms with Gasteiger partial charge in [0.15, 0.2) is 0 Å². The van der Waals surface area contributed by atoms with E-state index < -0.39 is 5.21 Å². The summed E-state index contributed by atoms with van der Waals surface area (Å²) in [6.45, 7) is 5.78. The first-order valence-corrected chi connectivity index (χ1v) is 4.24. The van der Waals surface area contributed by atoms with Crippen LogP contribution >= 0.6 is 0 Å². The molecule has 0 aliphatic heterocycles. The molecule has 1 aromatic carbocycles. The molecule has 1 aromatic rings. The maximum atomic E-state index is 5.63. The normalized spacial score (nSPS) is 9.92. The zero-order chi connectivity index (χ0) is 9.61. The first kappa shape index (κ1) is 11.3. The van der Waals surface area contributed by atoms with Crippen molar-refractivity contribution in [2.45, 2.75) is 26.0 Å². The summed E-state index contributed by atoms with van der Waals surface area (Å²) in [6.07, 6.45) is 0. The lowest BCUT2D eigenvalue weighted by molar-refractivity contribution is 0.972. The summed E-state index contributed by atoms with van der Waals surface area (Å²) < 4.78 is 0. The van der Waals surface area contributed by atoms with E-state index >= 15 is 0 Å². The van der Waals surface area contributed by atoms with E-state index in [-0.39, 0.29) is 0 Å². The molecule has 60 valence electrons. The highest BCUT2D eigenvalue weighted by Gasteiger charge is 2.10. The molecule has 0 N–H and O–H groups in total. The Morgan fingerprint density at radius 1 is 1.00 bits per heavy atom. The standard InChI is InChI=1S/C8H8B2.C2H6/c1-8(9,10)7-5-3-2-4-6-7;1-2/h2-6H,1H3;1-2H3. The summed E-state index contributed by atoms with van der Waals surface area (Å²) >= 11 is 0. The van der Waals surface area contributed by atoms with Gasteiger partial charge < -0.3 is 0 Å². The van der Waals surface area contributed by atoms with E-state index in [0.717, 1.165) is 5.56 Å². The Hall–Kier alpha value is -0.650. The van der Waals surface area contributed by atoms with Crippen molar-refractivity contribution >= 4 is 15.7 Å². The van der Waals surface area contributed by atoms with Gasteiger partial charge in [0.05, 0.1) is 15.7 Å². The number of rotatable bonds is 1. The Morgan fingerprint density at radius 3 is 1.67 bits per heavy atom. The molecule has 0 fully saturated rings. The minimum atomic E-state index is -0.707. The van der Waals surface area contributed by atoms with Crippen molar-refractivity contribution < 1.29 is 0 Å². The van der Waals surface area contributed by atoms with Crippen LogP contribution in [0.3, 0.4) is 0 Å². The van der Waals surface area contributed by atoms with Crippen molar-refractivity contribution in [1.82, 2.24) is 0 Å². The molecule has 0 aliphatic rings. The predicted molar refractivity (Wildman–Crippen MR) is 56.7 cm³/mol. The van der Waals surface area contributed by atoms with Crippen LogP contribution in [0.5, 0.6) is 0 Å². The molecule has 0 spiro atoms. The Bertz CT molecular complexity index is 199. The average Bonchev–Trinajstić information content (AvgIpc) is 2.08. The number of hydrogen-bond acceptors (Lipinski definition) is 0. The number of benzene rings is 1. The Balaban J connectivity index is 0.000000561. The second kappa shape index (κ2) is 5.08. The van der Waals surface area contributed by atoms with Crippen LogP contribution in [-0.2, 0) is 5.21 Å². The van der Waals surface area contributed by atoms with Crippen molar-refractivity contribution in [2.24, 2.45) is 0 Å². The molecular weight excluding hydrogens is 142 g/mol. The van der Waals surface area contributed by atoms with Crippen molar-refractivity contribution in [3.63, 3.8) is 0 Å². The summed E-state index contributed by atoms with van der Waals surface area (Å²) in [5.41, 5.74) is 0.954. The molecule has 0 saturated carbocycles. The minimum Gasteiger partial charge on any atom is -0.0782 e. The van der Waals surface area contributed by atoms with Crippen LogP contribution in [0.2, 0.25) is 0 Å². The van der Waals surface area contributed by atoms with Crippen LogP contribution in [-0.4, -0.2) is 15.7 Å². The van der Waals surface area contributed by atoms with Gasteiger partial charge in [0, 0.05) is 0 Å². The van der Waals surface area contributed by atoms with Gasteiger partial charge in [-0.2, -0.15) is 0 Å². The van der Waals surface area contributed by atoms with Gasteiger partial charge in [-0.05, 0) is 0 Å². The molecule has 0 amide bonds. The van der Waals surface area contributed by atoms with Crippen LogP contribution < -0.4 is 0 Å². The van der Waals surface area contributed by atoms with Gasteiger partial charge in [-0.1, -0.05) is 61.9 Å². The molecule has 0 atom stereocenters. The summed E-state index contributed by atoms with van der Waals surface area (Å²) in [4.78, 5) is 0. The maximum absolute atomic E-state index is 5.63. The zero-order valence-electron chi connectivity index (χ0n) is 8.04. The molecule has 0 aromatic heterocycles. The Kier molecular flexibility index (Phi) is 4.80. The van der Waals surface area contributed by atoms with Gasteiger partial charge in [-0.25, -0.2) is 0 Å². The van der Waals surface area contributed by atoms with Crippen LogP contribution in [0.4, 0.5) is 0 Å². The van der Waals surface area contributed by atoms with Gasteiger partial charge in [-0.3, -0.25) is 0 Å². The predicted octanol–water partition coefficient (Wildman–Crippen LogP) is 2.22. The third kappa shape index (κ3) is 3.66. The lowest BCUT2D eigenvalue weighted by Gasteiger charge is -2.19. The van der Waals surface area contributed by atoms with E-state index in [4.69, 9.17) is 15.7 Å². The van der Waals surface area contributed by atoms with E-state index in [0.29, 0.717) is 0 Å². The van der Waals surface area contributed by atoms with E-state index in [1.165, 1.54) is 0 Å². The summed E-state index contributed by atoms with van der Waals surface area (Å²) in [7, 11) is 11.3. The highest BCUT2D eigenvalue weighted by Crippen LogP contribution is 2.14. The van der Waals surface area contributed by atoms with Crippen LogP contribution in [0.1, 0.15) is 26.3 Å². The van der Waals surface area contributed by atoms with Gasteiger partial charge in [0.1, 0.15) is 0 Å². The fourth-order valence-electron chi connectivity index (χ4n) is 0.797. The molecule has 0 unspecified atom stereocenters. The van der Waals surface area contributed by atoms with E-state index in [1.807, 2.05) is 44.2 Å². The average molecular weight is 156 g/mol. The molecule has 0 saturated heterocycles. The first-order valence-electron chi connectivity index (χ1n) is 4.24. The quantitative estimate of drug-likeness (QED) is 0.546. The highest BCUT2D eigenvalue weighted by atomic mass is 14.0. The Morgan fingerprint density at radius 2 is 1.42 bits per heavy atom. The lowest BCUT2D eigenvalue weighted by Crippen LogP contribution is -2.21. The second-order valence-corrected chi connectivity index (χ2v) is 2.65. The fraction of sp³-hybridized carbons (Fsp3) is 0.400. The molecule has 0 aliphatic carbocycles. The minimum absolute atomic E-state index is 0.707. The van der Waals surface area contributed by atoms with Gasteiger partial charge in [0.25, 0.3) is 0 Å². The molecule has 4 radical (unpaired) electrons. The Labute approximate surface area is 78.2 Å². The van der Waals surface area contributed by atoms with Gasteiger partial charge >= 0.3 is 0 Å². The summed E-state index contributed by atoms with van der Waals surface area (Å²) in [5, 5.41) is -0.707. The fourth-order valence-corrected chi connectivity index (χ4v) is 0.797. The molecule has 0 bridgehead atoms.